The highest BCUT2D eigenvalue weighted by Gasteiger charge is 2.22. The lowest BCUT2D eigenvalue weighted by atomic mass is 10.3. The van der Waals surface area contributed by atoms with Crippen LogP contribution in [-0.4, -0.2) is 37.1 Å². The number of amides is 1. The number of nitrogens with zero attached hydrogens (tertiary/aromatic N) is 2. The van der Waals surface area contributed by atoms with Crippen molar-refractivity contribution >= 4 is 17.5 Å². The number of halogens is 2. The van der Waals surface area contributed by atoms with Crippen molar-refractivity contribution in [3.05, 3.63) is 17.7 Å². The highest BCUT2D eigenvalue weighted by atomic mass is 19.1. The highest BCUT2D eigenvalue weighted by molar-refractivity contribution is 5.82. The summed E-state index contributed by atoms with van der Waals surface area (Å²) in [6.45, 7) is 3.18. The summed E-state index contributed by atoms with van der Waals surface area (Å²) in [6.07, 6.45) is 0. The van der Waals surface area contributed by atoms with Gasteiger partial charge in [-0.15, -0.1) is 0 Å². The Hall–Kier alpha value is -1.92. The fraction of sp³-hybridized carbons (Fsp3) is 0.455. The topological polar surface area (TPSA) is 57.3 Å². The second-order valence-electron chi connectivity index (χ2n) is 3.93. The second kappa shape index (κ2) is 5.16. The minimum Gasteiger partial charge on any atom is -0.368 e. The molecule has 0 saturated carbocycles. The van der Waals surface area contributed by atoms with Gasteiger partial charge in [0.1, 0.15) is 0 Å². The molecule has 1 aliphatic rings. The molecule has 0 unspecified atom stereocenters. The van der Waals surface area contributed by atoms with Crippen molar-refractivity contribution in [3.63, 3.8) is 0 Å². The van der Waals surface area contributed by atoms with E-state index >= 15 is 0 Å². The number of hydrogen-bond acceptors (Lipinski definition) is 4. The van der Waals surface area contributed by atoms with E-state index in [0.717, 1.165) is 6.07 Å². The fourth-order valence-electron chi connectivity index (χ4n) is 1.79. The van der Waals surface area contributed by atoms with Crippen LogP contribution in [-0.2, 0) is 4.79 Å². The van der Waals surface area contributed by atoms with Crippen LogP contribution >= 0.6 is 0 Å². The summed E-state index contributed by atoms with van der Waals surface area (Å²) in [5, 5.41) is 5.35. The van der Waals surface area contributed by atoms with Crippen molar-refractivity contribution < 1.29 is 13.6 Å². The number of anilines is 2. The summed E-state index contributed by atoms with van der Waals surface area (Å²) < 4.78 is 27.1. The number of hydrogen-bond donors (Lipinski definition) is 2. The maximum atomic E-state index is 13.7. The van der Waals surface area contributed by atoms with E-state index in [4.69, 9.17) is 0 Å². The first-order valence-electron chi connectivity index (χ1n) is 5.73. The molecular weight excluding hydrogens is 242 g/mol. The number of carbonyl (C=O) groups excluding carboxylic acids is 1. The van der Waals surface area contributed by atoms with Gasteiger partial charge in [0, 0.05) is 25.7 Å². The van der Waals surface area contributed by atoms with Crippen molar-refractivity contribution in [2.24, 2.45) is 0 Å². The first-order chi connectivity index (χ1) is 8.61. The molecule has 1 saturated heterocycles. The smallest absolute Gasteiger partial charge is 0.239 e. The Kier molecular flexibility index (Phi) is 3.59. The van der Waals surface area contributed by atoms with Crippen molar-refractivity contribution in [3.8, 4) is 0 Å². The number of aromatic nitrogens is 1. The van der Waals surface area contributed by atoms with E-state index in [-0.39, 0.29) is 24.1 Å². The van der Waals surface area contributed by atoms with E-state index in [1.54, 1.807) is 6.92 Å². The Morgan fingerprint density at radius 2 is 2.28 bits per heavy atom. The molecular formula is C11H14F2N4O. The van der Waals surface area contributed by atoms with Crippen LogP contribution < -0.4 is 15.5 Å². The quantitative estimate of drug-likeness (QED) is 0.837. The molecule has 98 valence electrons. The van der Waals surface area contributed by atoms with Crippen molar-refractivity contribution in [1.82, 2.24) is 10.3 Å². The Morgan fingerprint density at radius 1 is 1.50 bits per heavy atom. The van der Waals surface area contributed by atoms with Crippen LogP contribution in [0.25, 0.3) is 0 Å². The molecule has 1 fully saturated rings. The molecule has 0 aliphatic carbocycles. The summed E-state index contributed by atoms with van der Waals surface area (Å²) in [5.41, 5.74) is 0. The first-order valence-corrected chi connectivity index (χ1v) is 5.73. The third-order valence-corrected chi connectivity index (χ3v) is 2.59. The van der Waals surface area contributed by atoms with Gasteiger partial charge in [-0.05, 0) is 6.92 Å². The Balaban J connectivity index is 2.31. The zero-order valence-electron chi connectivity index (χ0n) is 9.96. The molecule has 1 amide bonds. The Bertz CT molecular complexity index is 467. The second-order valence-corrected chi connectivity index (χ2v) is 3.93. The van der Waals surface area contributed by atoms with Crippen LogP contribution in [0, 0.1) is 11.6 Å². The van der Waals surface area contributed by atoms with E-state index in [9.17, 15) is 13.6 Å². The lowest BCUT2D eigenvalue weighted by molar-refractivity contribution is -0.120. The van der Waals surface area contributed by atoms with Crippen LogP contribution in [0.3, 0.4) is 0 Å². The van der Waals surface area contributed by atoms with Gasteiger partial charge in [0.05, 0.1) is 6.54 Å². The number of carbonyl (C=O) groups is 1. The maximum absolute atomic E-state index is 13.7. The molecule has 2 rings (SSSR count). The average Bonchev–Trinajstić information content (AvgIpc) is 2.33. The molecule has 7 heteroatoms. The lowest BCUT2D eigenvalue weighted by Crippen LogP contribution is -2.48. The van der Waals surface area contributed by atoms with Crippen molar-refractivity contribution in [2.45, 2.75) is 6.92 Å². The predicted molar refractivity (Wildman–Crippen MR) is 63.5 cm³/mol. The van der Waals surface area contributed by atoms with Gasteiger partial charge < -0.3 is 15.5 Å². The van der Waals surface area contributed by atoms with Crippen LogP contribution in [0.4, 0.5) is 20.4 Å². The van der Waals surface area contributed by atoms with Gasteiger partial charge in [0.25, 0.3) is 0 Å². The molecule has 2 N–H and O–H groups in total. The van der Waals surface area contributed by atoms with Crippen LogP contribution in [0.1, 0.15) is 6.92 Å². The highest BCUT2D eigenvalue weighted by Crippen LogP contribution is 2.22. The number of pyridine rings is 1. The first kappa shape index (κ1) is 12.5. The Labute approximate surface area is 103 Å². The Morgan fingerprint density at radius 3 is 2.94 bits per heavy atom. The summed E-state index contributed by atoms with van der Waals surface area (Å²) in [6, 6.07) is 0.785. The fourth-order valence-corrected chi connectivity index (χ4v) is 1.79. The van der Waals surface area contributed by atoms with Gasteiger partial charge in [-0.2, -0.15) is 0 Å². The zero-order chi connectivity index (χ0) is 13.1. The normalized spacial score (nSPS) is 15.5. The van der Waals surface area contributed by atoms with E-state index in [1.165, 1.54) is 4.90 Å². The molecule has 0 radical (unpaired) electrons. The molecule has 2 heterocycles. The molecule has 1 aromatic heterocycles. The third-order valence-electron chi connectivity index (χ3n) is 2.59. The van der Waals surface area contributed by atoms with Gasteiger partial charge in [-0.25, -0.2) is 13.8 Å². The number of rotatable bonds is 3. The number of nitrogens with one attached hydrogen (secondary N) is 2. The molecule has 1 aromatic rings. The minimum absolute atomic E-state index is 0.000110. The molecule has 18 heavy (non-hydrogen) atoms. The van der Waals surface area contributed by atoms with Crippen molar-refractivity contribution in [1.29, 1.82) is 0 Å². The van der Waals surface area contributed by atoms with Crippen LogP contribution in [0.5, 0.6) is 0 Å². The molecule has 0 spiro atoms. The maximum Gasteiger partial charge on any atom is 0.239 e. The SMILES string of the molecule is CCNc1nc(N2CCNC(=O)C2)c(F)cc1F. The third kappa shape index (κ3) is 2.49. The van der Waals surface area contributed by atoms with E-state index in [2.05, 4.69) is 15.6 Å². The summed E-state index contributed by atoms with van der Waals surface area (Å²) in [5.74, 6) is -1.69. The molecule has 0 aromatic carbocycles. The van der Waals surface area contributed by atoms with Gasteiger partial charge in [0.15, 0.2) is 23.3 Å². The molecule has 5 nitrogen and oxygen atoms in total. The van der Waals surface area contributed by atoms with Gasteiger partial charge in [-0.3, -0.25) is 4.79 Å². The molecule has 0 bridgehead atoms. The van der Waals surface area contributed by atoms with Crippen LogP contribution in [0.2, 0.25) is 0 Å². The van der Waals surface area contributed by atoms with Gasteiger partial charge >= 0.3 is 0 Å². The predicted octanol–water partition coefficient (Wildman–Crippen LogP) is 0.728. The van der Waals surface area contributed by atoms with E-state index in [1.807, 2.05) is 0 Å². The van der Waals surface area contributed by atoms with Gasteiger partial charge in [0.2, 0.25) is 5.91 Å². The standard InChI is InChI=1S/C11H14F2N4O/c1-2-14-10-7(12)5-8(13)11(16-10)17-4-3-15-9(18)6-17/h5H,2-4,6H2,1H3,(H,14,16)(H,15,18). The van der Waals surface area contributed by atoms with Gasteiger partial charge in [-0.1, -0.05) is 0 Å². The zero-order valence-corrected chi connectivity index (χ0v) is 9.96. The van der Waals surface area contributed by atoms with Crippen LogP contribution in [0.15, 0.2) is 6.07 Å². The van der Waals surface area contributed by atoms with Crippen molar-refractivity contribution in [2.75, 3.05) is 36.4 Å². The summed E-state index contributed by atoms with van der Waals surface area (Å²) in [7, 11) is 0. The number of piperazine rings is 1. The minimum atomic E-state index is -0.760. The largest absolute Gasteiger partial charge is 0.368 e. The van der Waals surface area contributed by atoms with E-state index in [0.29, 0.717) is 19.6 Å². The molecule has 1 aliphatic heterocycles. The van der Waals surface area contributed by atoms with E-state index < -0.39 is 11.6 Å². The molecule has 0 atom stereocenters. The average molecular weight is 256 g/mol. The lowest BCUT2D eigenvalue weighted by Gasteiger charge is -2.28. The monoisotopic (exact) mass is 256 g/mol. The summed E-state index contributed by atoms with van der Waals surface area (Å²) >= 11 is 0. The summed E-state index contributed by atoms with van der Waals surface area (Å²) in [4.78, 5) is 16.6.